The number of aryl methyl sites for hydroxylation is 1. The second-order valence-corrected chi connectivity index (χ2v) is 4.49. The van der Waals surface area contributed by atoms with Crippen LogP contribution in [0, 0.1) is 19.7 Å². The van der Waals surface area contributed by atoms with Crippen LogP contribution in [-0.4, -0.2) is 15.6 Å². The fourth-order valence-electron chi connectivity index (χ4n) is 2.05. The number of benzene rings is 1. The monoisotopic (exact) mass is 267 g/mol. The Kier molecular flexibility index (Phi) is 3.13. The van der Waals surface area contributed by atoms with Crippen molar-refractivity contribution < 1.29 is 14.3 Å². The van der Waals surface area contributed by atoms with Gasteiger partial charge in [0.15, 0.2) is 0 Å². The van der Waals surface area contributed by atoms with E-state index in [1.807, 2.05) is 0 Å². The van der Waals surface area contributed by atoms with Crippen molar-refractivity contribution >= 4 is 17.6 Å². The van der Waals surface area contributed by atoms with Crippen molar-refractivity contribution in [2.75, 3.05) is 0 Å². The molecular formula is C13H11ClFNO2. The summed E-state index contributed by atoms with van der Waals surface area (Å²) in [5.41, 5.74) is 1.98. The molecule has 18 heavy (non-hydrogen) atoms. The van der Waals surface area contributed by atoms with Crippen LogP contribution in [0.3, 0.4) is 0 Å². The van der Waals surface area contributed by atoms with Gasteiger partial charge in [-0.1, -0.05) is 11.6 Å². The summed E-state index contributed by atoms with van der Waals surface area (Å²) in [4.78, 5) is 11.0. The van der Waals surface area contributed by atoms with Crippen molar-refractivity contribution in [1.82, 2.24) is 4.57 Å². The Morgan fingerprint density at radius 1 is 1.28 bits per heavy atom. The maximum atomic E-state index is 13.3. The van der Waals surface area contributed by atoms with Gasteiger partial charge in [0.2, 0.25) is 0 Å². The van der Waals surface area contributed by atoms with Crippen LogP contribution in [0.25, 0.3) is 5.69 Å². The van der Waals surface area contributed by atoms with Crippen LogP contribution in [0.5, 0.6) is 0 Å². The SMILES string of the molecule is Cc1cc(C(=O)O)c(C)n1-c1cc(F)cc(Cl)c1. The molecule has 94 valence electrons. The standard InChI is InChI=1S/C13H11ClFNO2/c1-7-3-12(13(17)18)8(2)16(7)11-5-9(14)4-10(15)6-11/h3-6H,1-2H3,(H,17,18). The Hall–Kier alpha value is -1.81. The molecule has 0 bridgehead atoms. The van der Waals surface area contributed by atoms with E-state index in [2.05, 4.69) is 0 Å². The van der Waals surface area contributed by atoms with Gasteiger partial charge in [0.05, 0.1) is 5.56 Å². The van der Waals surface area contributed by atoms with E-state index in [9.17, 15) is 9.18 Å². The molecule has 1 aromatic carbocycles. The van der Waals surface area contributed by atoms with E-state index in [-0.39, 0.29) is 10.6 Å². The Morgan fingerprint density at radius 3 is 2.44 bits per heavy atom. The Labute approximate surface area is 108 Å². The predicted octanol–water partition coefficient (Wildman–Crippen LogP) is 3.58. The van der Waals surface area contributed by atoms with Crippen LogP contribution in [0.2, 0.25) is 5.02 Å². The number of carboxylic acid groups (broad SMARTS) is 1. The second kappa shape index (κ2) is 4.46. The van der Waals surface area contributed by atoms with Crippen LogP contribution in [0.1, 0.15) is 21.7 Å². The fraction of sp³-hybridized carbons (Fsp3) is 0.154. The highest BCUT2D eigenvalue weighted by molar-refractivity contribution is 6.30. The van der Waals surface area contributed by atoms with Crippen molar-refractivity contribution in [3.8, 4) is 5.69 Å². The number of hydrogen-bond donors (Lipinski definition) is 1. The first-order valence-corrected chi connectivity index (χ1v) is 5.66. The first-order valence-electron chi connectivity index (χ1n) is 5.29. The third-order valence-electron chi connectivity index (χ3n) is 2.77. The summed E-state index contributed by atoms with van der Waals surface area (Å²) in [6.45, 7) is 3.44. The van der Waals surface area contributed by atoms with Crippen molar-refractivity contribution in [2.24, 2.45) is 0 Å². The maximum Gasteiger partial charge on any atom is 0.337 e. The number of aromatic nitrogens is 1. The number of aromatic carboxylic acids is 1. The topological polar surface area (TPSA) is 42.2 Å². The summed E-state index contributed by atoms with van der Waals surface area (Å²) in [6, 6.07) is 5.67. The average Bonchev–Trinajstić information content (AvgIpc) is 2.52. The second-order valence-electron chi connectivity index (χ2n) is 4.05. The molecule has 0 spiro atoms. The number of hydrogen-bond acceptors (Lipinski definition) is 1. The normalized spacial score (nSPS) is 10.7. The molecule has 0 amide bonds. The highest BCUT2D eigenvalue weighted by Gasteiger charge is 2.16. The molecule has 1 aromatic heterocycles. The zero-order valence-corrected chi connectivity index (χ0v) is 10.6. The summed E-state index contributed by atoms with van der Waals surface area (Å²) in [6.07, 6.45) is 0. The fourth-order valence-corrected chi connectivity index (χ4v) is 2.26. The Morgan fingerprint density at radius 2 is 1.94 bits per heavy atom. The third-order valence-corrected chi connectivity index (χ3v) is 2.99. The lowest BCUT2D eigenvalue weighted by atomic mass is 10.2. The van der Waals surface area contributed by atoms with E-state index in [0.717, 1.165) is 0 Å². The molecule has 2 aromatic rings. The molecule has 0 aliphatic carbocycles. The van der Waals surface area contributed by atoms with Gasteiger partial charge in [0.1, 0.15) is 5.82 Å². The zero-order chi connectivity index (χ0) is 13.4. The highest BCUT2D eigenvalue weighted by atomic mass is 35.5. The van der Waals surface area contributed by atoms with Crippen LogP contribution < -0.4 is 0 Å². The number of halogens is 2. The van der Waals surface area contributed by atoms with E-state index in [1.165, 1.54) is 12.1 Å². The van der Waals surface area contributed by atoms with Gasteiger partial charge in [0, 0.05) is 22.1 Å². The smallest absolute Gasteiger partial charge is 0.337 e. The van der Waals surface area contributed by atoms with E-state index in [4.69, 9.17) is 16.7 Å². The van der Waals surface area contributed by atoms with Gasteiger partial charge < -0.3 is 9.67 Å². The van der Waals surface area contributed by atoms with Crippen molar-refractivity contribution in [2.45, 2.75) is 13.8 Å². The summed E-state index contributed by atoms with van der Waals surface area (Å²) >= 11 is 5.80. The largest absolute Gasteiger partial charge is 0.478 e. The zero-order valence-electron chi connectivity index (χ0n) is 9.87. The van der Waals surface area contributed by atoms with Crippen molar-refractivity contribution in [3.63, 3.8) is 0 Å². The number of carbonyl (C=O) groups is 1. The van der Waals surface area contributed by atoms with Gasteiger partial charge in [0.25, 0.3) is 0 Å². The molecule has 2 rings (SSSR count). The van der Waals surface area contributed by atoms with Crippen LogP contribution in [-0.2, 0) is 0 Å². The Bertz CT molecular complexity index is 614. The Balaban J connectivity index is 2.67. The van der Waals surface area contributed by atoms with E-state index in [1.54, 1.807) is 30.5 Å². The molecule has 0 atom stereocenters. The van der Waals surface area contributed by atoms with Crippen molar-refractivity contribution in [1.29, 1.82) is 0 Å². The van der Waals surface area contributed by atoms with Gasteiger partial charge in [-0.3, -0.25) is 0 Å². The number of nitrogens with zero attached hydrogens (tertiary/aromatic N) is 1. The lowest BCUT2D eigenvalue weighted by Gasteiger charge is -2.10. The molecule has 0 aliphatic heterocycles. The van der Waals surface area contributed by atoms with E-state index in [0.29, 0.717) is 17.1 Å². The molecule has 0 saturated heterocycles. The van der Waals surface area contributed by atoms with Gasteiger partial charge in [-0.15, -0.1) is 0 Å². The van der Waals surface area contributed by atoms with Gasteiger partial charge in [-0.2, -0.15) is 0 Å². The van der Waals surface area contributed by atoms with Gasteiger partial charge in [-0.25, -0.2) is 9.18 Å². The molecule has 0 radical (unpaired) electrons. The molecule has 1 heterocycles. The summed E-state index contributed by atoms with van der Waals surface area (Å²) in [5, 5.41) is 9.32. The highest BCUT2D eigenvalue weighted by Crippen LogP contribution is 2.24. The molecule has 0 unspecified atom stereocenters. The molecule has 0 fully saturated rings. The van der Waals surface area contributed by atoms with Crippen LogP contribution in [0.15, 0.2) is 24.3 Å². The molecule has 0 aliphatic rings. The predicted molar refractivity (Wildman–Crippen MR) is 67.2 cm³/mol. The minimum absolute atomic E-state index is 0.202. The first-order chi connectivity index (χ1) is 8.40. The van der Waals surface area contributed by atoms with Crippen LogP contribution >= 0.6 is 11.6 Å². The maximum absolute atomic E-state index is 13.3. The van der Waals surface area contributed by atoms with E-state index >= 15 is 0 Å². The molecule has 5 heteroatoms. The first kappa shape index (κ1) is 12.6. The van der Waals surface area contributed by atoms with Gasteiger partial charge in [-0.05, 0) is 38.1 Å². The molecule has 1 N–H and O–H groups in total. The van der Waals surface area contributed by atoms with Crippen molar-refractivity contribution in [3.05, 3.63) is 52.1 Å². The lowest BCUT2D eigenvalue weighted by molar-refractivity contribution is 0.0696. The lowest BCUT2D eigenvalue weighted by Crippen LogP contribution is -2.02. The molecule has 0 saturated carbocycles. The summed E-state index contributed by atoms with van der Waals surface area (Å²) in [7, 11) is 0. The minimum atomic E-state index is -1.00. The third kappa shape index (κ3) is 2.11. The van der Waals surface area contributed by atoms with Crippen LogP contribution in [0.4, 0.5) is 4.39 Å². The summed E-state index contributed by atoms with van der Waals surface area (Å²) < 4.78 is 15.0. The van der Waals surface area contributed by atoms with Gasteiger partial charge >= 0.3 is 5.97 Å². The van der Waals surface area contributed by atoms with E-state index < -0.39 is 11.8 Å². The average molecular weight is 268 g/mol. The molecule has 3 nitrogen and oxygen atoms in total. The number of rotatable bonds is 2. The quantitative estimate of drug-likeness (QED) is 0.904. The minimum Gasteiger partial charge on any atom is -0.478 e. The summed E-state index contributed by atoms with van der Waals surface area (Å²) in [5.74, 6) is -1.46. The number of carboxylic acids is 1. The molecular weight excluding hydrogens is 257 g/mol.